The molecule has 2 unspecified atom stereocenters. The average molecular weight is 1230 g/mol. The molecule has 2 atom stereocenters. The molecule has 2 heterocycles. The molecule has 7 N–H and O–H groups in total. The Kier molecular flexibility index (Phi) is 17.4. The number of rotatable bonds is 23. The first kappa shape index (κ1) is 61.8. The number of aromatic carboxylic acids is 1. The van der Waals surface area contributed by atoms with E-state index in [4.69, 9.17) is 9.47 Å². The lowest BCUT2D eigenvalue weighted by Crippen LogP contribution is -2.33. The van der Waals surface area contributed by atoms with Gasteiger partial charge in [-0.05, 0) is 121 Å². The fourth-order valence-corrected chi connectivity index (χ4v) is 14.2. The minimum atomic E-state index is -5.18. The number of carboxylic acid groups (broad SMARTS) is 1. The molecule has 0 aliphatic carbocycles. The van der Waals surface area contributed by atoms with Crippen LogP contribution in [0.15, 0.2) is 122 Å². The van der Waals surface area contributed by atoms with E-state index in [1.165, 1.54) is 62.8 Å². The van der Waals surface area contributed by atoms with Gasteiger partial charge in [-0.2, -0.15) is 55.1 Å². The van der Waals surface area contributed by atoms with Gasteiger partial charge in [0.2, 0.25) is 5.69 Å². The van der Waals surface area contributed by atoms with Crippen molar-refractivity contribution in [3.05, 3.63) is 125 Å². The number of allylic oxidation sites excluding steroid dienone is 6. The Labute approximate surface area is 461 Å². The molecule has 0 radical (unpaired) electrons. The molecule has 0 fully saturated rings. The Bertz CT molecular complexity index is 4210. The van der Waals surface area contributed by atoms with Gasteiger partial charge in [0.1, 0.15) is 16.3 Å². The van der Waals surface area contributed by atoms with Crippen molar-refractivity contribution in [2.24, 2.45) is 0 Å². The van der Waals surface area contributed by atoms with Crippen LogP contribution in [-0.2, 0) is 81.0 Å². The second kappa shape index (κ2) is 22.5. The molecule has 0 saturated carbocycles. The predicted molar refractivity (Wildman–Crippen MR) is 293 cm³/mol. The number of anilines is 1. The summed E-state index contributed by atoms with van der Waals surface area (Å²) in [5, 5.41) is 9.40. The van der Waals surface area contributed by atoms with Gasteiger partial charge in [-0.25, -0.2) is 4.79 Å². The third kappa shape index (κ3) is 12.9. The minimum absolute atomic E-state index is 0.0166. The van der Waals surface area contributed by atoms with Gasteiger partial charge in [-0.3, -0.25) is 27.3 Å². The lowest BCUT2D eigenvalue weighted by Gasteiger charge is -2.30. The van der Waals surface area contributed by atoms with E-state index in [-0.39, 0.29) is 107 Å². The van der Waals surface area contributed by atoms with E-state index in [2.05, 4.69) is 0 Å². The largest absolute Gasteiger partial charge is 0.478 e. The van der Waals surface area contributed by atoms with E-state index in [0.29, 0.717) is 29.1 Å². The molecule has 2 aliphatic heterocycles. The van der Waals surface area contributed by atoms with Crippen LogP contribution in [-0.4, -0.2) is 151 Å². The zero-order chi connectivity index (χ0) is 59.3. The molecule has 432 valence electrons. The smallest absolute Gasteiger partial charge is 0.335 e. The van der Waals surface area contributed by atoms with Crippen molar-refractivity contribution in [2.75, 3.05) is 56.9 Å². The van der Waals surface area contributed by atoms with E-state index in [1.54, 1.807) is 47.6 Å². The first-order valence-electron chi connectivity index (χ1n) is 23.8. The molecule has 2 aliphatic rings. The topological polar surface area (TPSA) is 388 Å². The van der Waals surface area contributed by atoms with Crippen molar-refractivity contribution >= 4 is 111 Å². The fraction of sp³-hybridized carbons (Fsp3) is 0.320. The summed E-state index contributed by atoms with van der Waals surface area (Å²) >= 11 is 0. The van der Waals surface area contributed by atoms with Crippen LogP contribution in [0.4, 0.5) is 11.4 Å². The Hall–Kier alpha value is -5.84. The van der Waals surface area contributed by atoms with Gasteiger partial charge >= 0.3 is 5.97 Å². The van der Waals surface area contributed by atoms with E-state index < -0.39 is 109 Å². The molecule has 7 rings (SSSR count). The first-order valence-corrected chi connectivity index (χ1v) is 32.8. The molecule has 5 aromatic carbocycles. The third-order valence-corrected chi connectivity index (χ3v) is 19.2. The van der Waals surface area contributed by atoms with E-state index in [1.807, 2.05) is 0 Å². The van der Waals surface area contributed by atoms with Crippen LogP contribution in [0.25, 0.3) is 27.1 Å². The van der Waals surface area contributed by atoms with Crippen LogP contribution in [0.2, 0.25) is 0 Å². The molecule has 0 spiro atoms. The van der Waals surface area contributed by atoms with Gasteiger partial charge in [-0.1, -0.05) is 24.3 Å². The summed E-state index contributed by atoms with van der Waals surface area (Å²) in [6.07, 6.45) is 5.99. The Morgan fingerprint density at radius 1 is 0.600 bits per heavy atom. The highest BCUT2D eigenvalue weighted by atomic mass is 32.2. The second-order valence-electron chi connectivity index (χ2n) is 19.4. The molecule has 0 saturated heterocycles. The molecule has 80 heavy (non-hydrogen) atoms. The maximum Gasteiger partial charge on any atom is 0.335 e. The maximum atomic E-state index is 12.9. The highest BCUT2D eigenvalue weighted by molar-refractivity contribution is 7.87. The summed E-state index contributed by atoms with van der Waals surface area (Å²) in [6, 6.07) is 14.3. The van der Waals surface area contributed by atoms with Crippen molar-refractivity contribution in [1.29, 1.82) is 0 Å². The van der Waals surface area contributed by atoms with Crippen LogP contribution < -0.4 is 4.90 Å². The van der Waals surface area contributed by atoms with Crippen molar-refractivity contribution in [1.82, 2.24) is 0 Å². The highest BCUT2D eigenvalue weighted by Gasteiger charge is 2.50. The van der Waals surface area contributed by atoms with Crippen molar-refractivity contribution in [3.63, 3.8) is 0 Å². The van der Waals surface area contributed by atoms with Crippen molar-refractivity contribution in [3.8, 4) is 0 Å². The standard InChI is InChI=1S/C50H54N2O22S6/c1-49(19-23-73-3)44(51(21-5-25-75(55,56)57)40-15-13-36-38(46(40)49)27-34(77(61,62)63)29-42(36)79(67,68)69)17-11-32(31-7-9-33(10-8-31)48(53)54)12-18-45-50(2,20-24-74-4)47-39-28-35(78(64,65)66)30-43(80(70,71)72)37(39)14-16-41(47)52(45)22-6-26-76(58,59)60/h7-18,27-30H,5-6,19-26H2,1-4H3,(H6-,53,54,55,56,57,58,59,60,61,62,63,64,65,66,67,68,69,70,71,72)/p+1. The number of fused-ring (bicyclic) bond motifs is 6. The zero-order valence-corrected chi connectivity index (χ0v) is 47.8. The zero-order valence-electron chi connectivity index (χ0n) is 42.9. The SMILES string of the molecule is COCCC1(C)C(/C=C/C(=C/C=C2/N(CCCS(=O)(=O)O)c3ccc4c(S(=O)(=O)O)cc(S(=O)(=O)O)cc4c3C2(C)CCOC)c2ccc(C(=O)O)cc2)=[N+](CCCS(=O)(=O)O)c2ccc3c(S(=O)(=O)O)cc(S(=O)(=O)O)cc3c21. The quantitative estimate of drug-likeness (QED) is 0.0225. The van der Waals surface area contributed by atoms with E-state index in [0.717, 1.165) is 12.1 Å². The summed E-state index contributed by atoms with van der Waals surface area (Å²) in [5.41, 5.74) is -0.518. The Morgan fingerprint density at radius 2 is 1.09 bits per heavy atom. The summed E-state index contributed by atoms with van der Waals surface area (Å²) in [5.74, 6) is -2.74. The highest BCUT2D eigenvalue weighted by Crippen LogP contribution is 2.54. The minimum Gasteiger partial charge on any atom is -0.478 e. The van der Waals surface area contributed by atoms with Gasteiger partial charge in [-0.15, -0.1) is 0 Å². The summed E-state index contributed by atoms with van der Waals surface area (Å²) in [7, 11) is -27.0. The fourth-order valence-electron chi connectivity index (χ4n) is 10.5. The third-order valence-electron chi connectivity index (χ3n) is 14.1. The molecule has 0 aromatic heterocycles. The lowest BCUT2D eigenvalue weighted by atomic mass is 9.74. The summed E-state index contributed by atoms with van der Waals surface area (Å²) in [6.45, 7) is 3.02. The van der Waals surface area contributed by atoms with Crippen molar-refractivity contribution in [2.45, 2.75) is 69.9 Å². The number of hydrogen-bond acceptors (Lipinski definition) is 16. The second-order valence-corrected chi connectivity index (χ2v) is 28.1. The number of hydrogen-bond donors (Lipinski definition) is 7. The van der Waals surface area contributed by atoms with Gasteiger partial charge in [0.15, 0.2) is 5.71 Å². The van der Waals surface area contributed by atoms with E-state index >= 15 is 0 Å². The van der Waals surface area contributed by atoms with Gasteiger partial charge in [0.25, 0.3) is 60.7 Å². The molecular formula is C50H55N2O22S6+. The van der Waals surface area contributed by atoms with Crippen LogP contribution in [0.3, 0.4) is 0 Å². The number of methoxy groups -OCH3 is 2. The molecule has 5 aromatic rings. The van der Waals surface area contributed by atoms with E-state index in [9.17, 15) is 87.7 Å². The monoisotopic (exact) mass is 1230 g/mol. The van der Waals surface area contributed by atoms with Gasteiger partial charge < -0.3 is 19.5 Å². The van der Waals surface area contributed by atoms with Gasteiger partial charge in [0.05, 0.1) is 32.3 Å². The summed E-state index contributed by atoms with van der Waals surface area (Å²) < 4.78 is 224. The molecule has 0 bridgehead atoms. The molecule has 24 nitrogen and oxygen atoms in total. The lowest BCUT2D eigenvalue weighted by molar-refractivity contribution is -0.437. The maximum absolute atomic E-state index is 12.9. The number of benzene rings is 5. The Morgan fingerprint density at radius 3 is 1.57 bits per heavy atom. The number of carboxylic acids is 1. The van der Waals surface area contributed by atoms with Gasteiger partial charge in [0, 0.05) is 85.7 Å². The molecule has 0 amide bonds. The summed E-state index contributed by atoms with van der Waals surface area (Å²) in [4.78, 5) is 10.2. The van der Waals surface area contributed by atoms with Crippen molar-refractivity contribution < 1.29 is 102 Å². The molecule has 30 heteroatoms. The molecular weight excluding hydrogens is 1170 g/mol. The normalized spacial score (nSPS) is 19.0. The number of ether oxygens (including phenoxy) is 2. The number of carbonyl (C=O) groups is 1. The Balaban J connectivity index is 1.57. The van der Waals surface area contributed by atoms with Crippen LogP contribution in [0.5, 0.6) is 0 Å². The van der Waals surface area contributed by atoms with Crippen LogP contribution in [0.1, 0.15) is 66.6 Å². The number of nitrogens with zero attached hydrogens (tertiary/aromatic N) is 2. The predicted octanol–water partition coefficient (Wildman–Crippen LogP) is 5.96. The van der Waals surface area contributed by atoms with Crippen LogP contribution in [0, 0.1) is 0 Å². The average Bonchev–Trinajstić information content (AvgIpc) is 3.73. The first-order chi connectivity index (χ1) is 36.9. The van der Waals surface area contributed by atoms with Crippen LogP contribution >= 0.6 is 0 Å².